The van der Waals surface area contributed by atoms with Crippen molar-refractivity contribution in [2.45, 2.75) is 13.0 Å². The third-order valence-electron chi connectivity index (χ3n) is 3.54. The van der Waals surface area contributed by atoms with E-state index < -0.39 is 6.68 Å². The third kappa shape index (κ3) is 5.46. The van der Waals surface area contributed by atoms with Crippen molar-refractivity contribution in [3.8, 4) is 17.2 Å². The number of rotatable bonds is 2. The average molecular weight is 389 g/mol. The number of halogens is 3. The summed E-state index contributed by atoms with van der Waals surface area (Å²) < 4.78 is 28.8. The molecule has 4 nitrogen and oxygen atoms in total. The van der Waals surface area contributed by atoms with Crippen LogP contribution in [0.1, 0.15) is 11.1 Å². The van der Waals surface area contributed by atoms with E-state index in [1.165, 1.54) is 0 Å². The molecule has 1 aliphatic heterocycles. The van der Waals surface area contributed by atoms with Gasteiger partial charge in [0.15, 0.2) is 6.68 Å². The molecule has 1 aromatic carbocycles. The summed E-state index contributed by atoms with van der Waals surface area (Å²) in [4.78, 5) is 6.32. The predicted molar refractivity (Wildman–Crippen MR) is 82.7 cm³/mol. The van der Waals surface area contributed by atoms with Gasteiger partial charge in [0.1, 0.15) is 11.9 Å². The van der Waals surface area contributed by atoms with Crippen LogP contribution in [0.4, 0.5) is 19.0 Å². The molecule has 1 aromatic heterocycles. The fraction of sp³-hybridized carbons (Fsp3) is 0.235. The first-order valence-electron chi connectivity index (χ1n) is 7.06. The second-order valence-corrected chi connectivity index (χ2v) is 5.22. The summed E-state index contributed by atoms with van der Waals surface area (Å²) in [5.41, 5.74) is 3.62. The second kappa shape index (κ2) is 9.42. The summed E-state index contributed by atoms with van der Waals surface area (Å²) in [7, 11) is 0. The Morgan fingerprint density at radius 3 is 2.56 bits per heavy atom. The van der Waals surface area contributed by atoms with E-state index in [0.29, 0.717) is 24.5 Å². The van der Waals surface area contributed by atoms with Gasteiger partial charge in [-0.25, -0.2) is 4.98 Å². The van der Waals surface area contributed by atoms with Crippen LogP contribution < -0.4 is 4.90 Å². The normalized spacial score (nSPS) is 13.2. The van der Waals surface area contributed by atoms with Crippen LogP contribution in [0, 0.1) is 31.0 Å². The summed E-state index contributed by atoms with van der Waals surface area (Å²) in [6.07, 6.45) is 1.46. The van der Waals surface area contributed by atoms with Crippen LogP contribution in [0.5, 0.6) is 0 Å². The molecule has 0 amide bonds. The Bertz CT molecular complexity index is 743. The average Bonchev–Trinajstić information content (AvgIpc) is 2.51. The van der Waals surface area contributed by atoms with Crippen molar-refractivity contribution in [3.63, 3.8) is 0 Å². The summed E-state index contributed by atoms with van der Waals surface area (Å²) in [6.45, 7) is 0.0211. The number of β-amino-alcohol motifs (C(OH)–C–C–N with tert-alkyl or cyclic N) is 1. The maximum absolute atomic E-state index is 9.58. The molecule has 132 valence electrons. The van der Waals surface area contributed by atoms with Crippen molar-refractivity contribution in [1.82, 2.24) is 4.98 Å². The first-order chi connectivity index (χ1) is 11.4. The van der Waals surface area contributed by atoms with Gasteiger partial charge in [-0.1, -0.05) is 12.5 Å². The topological polar surface area (TPSA) is 60.1 Å². The number of aryl methyl sites for hydroxylation is 1. The van der Waals surface area contributed by atoms with Crippen molar-refractivity contribution in [3.05, 3.63) is 54.3 Å². The number of benzene rings is 1. The van der Waals surface area contributed by atoms with Gasteiger partial charge in [-0.3, -0.25) is 0 Å². The van der Waals surface area contributed by atoms with Crippen LogP contribution in [-0.4, -0.2) is 29.3 Å². The number of aliphatic hydroxyl groups is 1. The van der Waals surface area contributed by atoms with Crippen LogP contribution in [0.15, 0.2) is 30.5 Å². The zero-order valence-corrected chi connectivity index (χ0v) is 14.3. The fourth-order valence-electron chi connectivity index (χ4n) is 2.39. The Kier molecular flexibility index (Phi) is 7.90. The quantitative estimate of drug-likeness (QED) is 0.633. The molecule has 0 spiro atoms. The van der Waals surface area contributed by atoms with Gasteiger partial charge in [-0.05, 0) is 6.07 Å². The molecule has 8 heteroatoms. The summed E-state index contributed by atoms with van der Waals surface area (Å²) in [5.74, 6) is 0.652. The Labute approximate surface area is 154 Å². The van der Waals surface area contributed by atoms with E-state index in [1.54, 1.807) is 6.20 Å². The van der Waals surface area contributed by atoms with Gasteiger partial charge < -0.3 is 23.2 Å². The molecule has 3 rings (SSSR count). The minimum Gasteiger partial charge on any atom is -0.389 e. The molecular weight excluding hydrogens is 375 g/mol. The summed E-state index contributed by atoms with van der Waals surface area (Å²) in [5, 5.41) is 18.7. The van der Waals surface area contributed by atoms with E-state index in [4.69, 9.17) is 0 Å². The minimum atomic E-state index is -3.08. The number of pyridine rings is 1. The molecule has 1 aliphatic rings. The summed E-state index contributed by atoms with van der Waals surface area (Å²) >= 11 is 0. The second-order valence-electron chi connectivity index (χ2n) is 5.22. The minimum absolute atomic E-state index is 0. The van der Waals surface area contributed by atoms with Crippen molar-refractivity contribution in [2.75, 3.05) is 18.0 Å². The Balaban J connectivity index is 0.000000568. The van der Waals surface area contributed by atoms with Crippen LogP contribution in [0.25, 0.3) is 11.1 Å². The van der Waals surface area contributed by atoms with Gasteiger partial charge in [0.25, 0.3) is 0 Å². The standard InChI is InChI=1S/C16H14N3O.CF3.Fe/c1-11-4-2-3-5-15(11)13-6-12(7-17)16(18-8-13)19-9-14(20)10-19;2-1(3)4;/h2,4-6,8,14,20H,9-10H2,1H3;;/q2*-1;+2. The summed E-state index contributed by atoms with van der Waals surface area (Å²) in [6, 6.07) is 12.9. The maximum Gasteiger partial charge on any atom is 2.00 e. The van der Waals surface area contributed by atoms with Crippen LogP contribution in [0.2, 0.25) is 0 Å². The van der Waals surface area contributed by atoms with Crippen molar-refractivity contribution < 1.29 is 35.3 Å². The number of aliphatic hydroxyl groups excluding tert-OH is 1. The van der Waals surface area contributed by atoms with Gasteiger partial charge in [-0.15, -0.1) is 5.56 Å². The Hall–Kier alpha value is -2.07. The van der Waals surface area contributed by atoms with Gasteiger partial charge >= 0.3 is 17.1 Å². The smallest absolute Gasteiger partial charge is 0.389 e. The molecule has 25 heavy (non-hydrogen) atoms. The van der Waals surface area contributed by atoms with E-state index in [2.05, 4.69) is 17.1 Å². The largest absolute Gasteiger partial charge is 2.00 e. The number of hydrogen-bond acceptors (Lipinski definition) is 4. The first-order valence-corrected chi connectivity index (χ1v) is 7.06. The van der Waals surface area contributed by atoms with E-state index in [-0.39, 0.29) is 23.2 Å². The van der Waals surface area contributed by atoms with E-state index in [9.17, 15) is 23.5 Å². The number of hydrogen-bond donors (Lipinski definition) is 1. The van der Waals surface area contributed by atoms with Crippen LogP contribution >= 0.6 is 0 Å². The van der Waals surface area contributed by atoms with E-state index in [0.717, 1.165) is 16.7 Å². The molecule has 0 aliphatic carbocycles. The molecule has 1 N–H and O–H groups in total. The zero-order valence-electron chi connectivity index (χ0n) is 13.2. The molecule has 2 aromatic rings. The molecule has 0 atom stereocenters. The molecule has 0 saturated carbocycles. The van der Waals surface area contributed by atoms with E-state index in [1.807, 2.05) is 36.1 Å². The first kappa shape index (κ1) is 21.0. The number of nitrogens with zero attached hydrogens (tertiary/aromatic N) is 3. The monoisotopic (exact) mass is 389 g/mol. The van der Waals surface area contributed by atoms with Crippen molar-refractivity contribution in [1.29, 1.82) is 5.26 Å². The number of anilines is 1. The zero-order chi connectivity index (χ0) is 17.7. The fourth-order valence-corrected chi connectivity index (χ4v) is 2.39. The van der Waals surface area contributed by atoms with Crippen molar-refractivity contribution in [2.24, 2.45) is 0 Å². The molecule has 0 radical (unpaired) electrons. The predicted octanol–water partition coefficient (Wildman–Crippen LogP) is 3.25. The van der Waals surface area contributed by atoms with Gasteiger partial charge in [0.2, 0.25) is 0 Å². The molecule has 1 fully saturated rings. The molecular formula is C17H14F3FeN3O. The molecule has 0 unspecified atom stereocenters. The van der Waals surface area contributed by atoms with Gasteiger partial charge in [0, 0.05) is 19.3 Å². The van der Waals surface area contributed by atoms with Gasteiger partial charge in [-0.2, -0.15) is 35.1 Å². The SMILES string of the molecule is Cc1cc[c-]cc1-c1cnc(N2CC(O)C2)c(C#N)c1.F[C-](F)F.[Fe+2]. The Morgan fingerprint density at radius 2 is 2.04 bits per heavy atom. The molecule has 1 saturated heterocycles. The third-order valence-corrected chi connectivity index (χ3v) is 3.54. The Morgan fingerprint density at radius 1 is 1.40 bits per heavy atom. The van der Waals surface area contributed by atoms with Crippen LogP contribution in [-0.2, 0) is 17.1 Å². The van der Waals surface area contributed by atoms with Crippen LogP contribution in [0.3, 0.4) is 0 Å². The van der Waals surface area contributed by atoms with E-state index >= 15 is 0 Å². The molecule has 2 heterocycles. The maximum atomic E-state index is 9.58. The molecule has 0 bridgehead atoms. The number of aromatic nitrogens is 1. The number of nitriles is 1. The van der Waals surface area contributed by atoms with Crippen molar-refractivity contribution >= 4 is 5.82 Å². The van der Waals surface area contributed by atoms with Gasteiger partial charge in [0.05, 0.1) is 11.7 Å².